The molecule has 2 aromatic rings. The molecule has 0 saturated heterocycles. The van der Waals surface area contributed by atoms with E-state index in [1.807, 2.05) is 22.9 Å². The summed E-state index contributed by atoms with van der Waals surface area (Å²) in [5, 5.41) is 8.32. The van der Waals surface area contributed by atoms with Crippen LogP contribution in [-0.2, 0) is 0 Å². The van der Waals surface area contributed by atoms with Crippen molar-refractivity contribution in [2.24, 2.45) is 0 Å². The summed E-state index contributed by atoms with van der Waals surface area (Å²) in [7, 11) is 1.60. The highest BCUT2D eigenvalue weighted by molar-refractivity contribution is 5.86. The highest BCUT2D eigenvalue weighted by Crippen LogP contribution is 2.31. The molecule has 4 heteroatoms. The van der Waals surface area contributed by atoms with Gasteiger partial charge in [0.15, 0.2) is 5.82 Å². The quantitative estimate of drug-likeness (QED) is 0.704. The Morgan fingerprint density at radius 2 is 2.11 bits per heavy atom. The van der Waals surface area contributed by atoms with Gasteiger partial charge in [-0.25, -0.2) is 0 Å². The summed E-state index contributed by atoms with van der Waals surface area (Å²) in [6.07, 6.45) is 7.12. The highest BCUT2D eigenvalue weighted by Gasteiger charge is 2.19. The second-order valence-corrected chi connectivity index (χ2v) is 4.31. The average molecular weight is 253 g/mol. The van der Waals surface area contributed by atoms with Crippen molar-refractivity contribution in [1.82, 2.24) is 14.8 Å². The van der Waals surface area contributed by atoms with E-state index in [2.05, 4.69) is 41.4 Å². The zero-order valence-electron chi connectivity index (χ0n) is 11.0. The van der Waals surface area contributed by atoms with Crippen LogP contribution in [0.15, 0.2) is 30.3 Å². The fraction of sp³-hybridized carbons (Fsp3) is 0.200. The number of nitrogens with zero attached hydrogens (tertiary/aromatic N) is 3. The van der Waals surface area contributed by atoms with E-state index in [1.165, 1.54) is 11.1 Å². The van der Waals surface area contributed by atoms with E-state index in [0.29, 0.717) is 6.01 Å². The normalized spacial score (nSPS) is 14.9. The number of fused-ring (bicyclic) bond motifs is 2. The van der Waals surface area contributed by atoms with Gasteiger partial charge in [0, 0.05) is 11.8 Å². The van der Waals surface area contributed by atoms with Crippen LogP contribution in [0, 0.1) is 0 Å². The minimum absolute atomic E-state index is 0.501. The van der Waals surface area contributed by atoms with Crippen LogP contribution in [0.2, 0.25) is 0 Å². The zero-order chi connectivity index (χ0) is 13.2. The Morgan fingerprint density at radius 1 is 1.26 bits per heavy atom. The van der Waals surface area contributed by atoms with Gasteiger partial charge in [0.05, 0.1) is 7.11 Å². The van der Waals surface area contributed by atoms with Gasteiger partial charge < -0.3 is 4.74 Å². The molecule has 0 saturated carbocycles. The molecule has 19 heavy (non-hydrogen) atoms. The minimum atomic E-state index is 0.501. The van der Waals surface area contributed by atoms with Crippen LogP contribution in [0.25, 0.3) is 17.8 Å². The van der Waals surface area contributed by atoms with Gasteiger partial charge in [-0.2, -0.15) is 0 Å². The summed E-state index contributed by atoms with van der Waals surface area (Å²) in [6, 6.07) is 8.79. The third kappa shape index (κ3) is 1.85. The SMILES string of the molecule is CCC=C1c2ccccc2C=Cn2c(OC)nnc21. The molecule has 1 aromatic heterocycles. The highest BCUT2D eigenvalue weighted by atomic mass is 16.5. The van der Waals surface area contributed by atoms with Crippen LogP contribution in [-0.4, -0.2) is 21.9 Å². The Morgan fingerprint density at radius 3 is 2.89 bits per heavy atom. The molecule has 4 nitrogen and oxygen atoms in total. The summed E-state index contributed by atoms with van der Waals surface area (Å²) >= 11 is 0. The molecule has 96 valence electrons. The van der Waals surface area contributed by atoms with Crippen molar-refractivity contribution in [1.29, 1.82) is 0 Å². The van der Waals surface area contributed by atoms with Crippen molar-refractivity contribution >= 4 is 17.8 Å². The third-order valence-corrected chi connectivity index (χ3v) is 3.15. The van der Waals surface area contributed by atoms with E-state index < -0.39 is 0 Å². The van der Waals surface area contributed by atoms with Gasteiger partial charge in [-0.05, 0) is 23.6 Å². The number of allylic oxidation sites excluding steroid dienone is 1. The number of methoxy groups -OCH3 is 1. The first-order chi connectivity index (χ1) is 9.35. The van der Waals surface area contributed by atoms with Gasteiger partial charge in [0.25, 0.3) is 0 Å². The molecule has 0 spiro atoms. The van der Waals surface area contributed by atoms with Gasteiger partial charge in [-0.3, -0.25) is 4.57 Å². The number of hydrogen-bond donors (Lipinski definition) is 0. The Kier molecular flexibility index (Phi) is 2.91. The number of aromatic nitrogens is 3. The van der Waals surface area contributed by atoms with E-state index >= 15 is 0 Å². The molecular weight excluding hydrogens is 238 g/mol. The van der Waals surface area contributed by atoms with Crippen molar-refractivity contribution in [2.45, 2.75) is 13.3 Å². The van der Waals surface area contributed by atoms with Gasteiger partial charge in [0.1, 0.15) is 0 Å². The second kappa shape index (κ2) is 4.72. The molecule has 0 fully saturated rings. The van der Waals surface area contributed by atoms with Crippen LogP contribution in [0.4, 0.5) is 0 Å². The molecule has 1 aliphatic rings. The van der Waals surface area contributed by atoms with Crippen LogP contribution in [0.1, 0.15) is 30.3 Å². The van der Waals surface area contributed by atoms with Crippen LogP contribution in [0.3, 0.4) is 0 Å². The molecule has 3 rings (SSSR count). The van der Waals surface area contributed by atoms with Crippen molar-refractivity contribution in [3.63, 3.8) is 0 Å². The first-order valence-corrected chi connectivity index (χ1v) is 6.32. The first kappa shape index (κ1) is 11.7. The predicted octanol–water partition coefficient (Wildman–Crippen LogP) is 3.07. The zero-order valence-corrected chi connectivity index (χ0v) is 11.0. The molecule has 0 unspecified atom stereocenters. The second-order valence-electron chi connectivity index (χ2n) is 4.31. The van der Waals surface area contributed by atoms with Gasteiger partial charge in [0.2, 0.25) is 0 Å². The van der Waals surface area contributed by atoms with Crippen molar-refractivity contribution in [3.05, 3.63) is 47.3 Å². The fourth-order valence-corrected chi connectivity index (χ4v) is 2.30. The van der Waals surface area contributed by atoms with Gasteiger partial charge in [-0.15, -0.1) is 5.10 Å². The van der Waals surface area contributed by atoms with Crippen LogP contribution >= 0.6 is 0 Å². The Hall–Kier alpha value is -2.36. The fourth-order valence-electron chi connectivity index (χ4n) is 2.30. The summed E-state index contributed by atoms with van der Waals surface area (Å²) in [5.41, 5.74) is 3.45. The van der Waals surface area contributed by atoms with Crippen molar-refractivity contribution in [3.8, 4) is 6.01 Å². The Bertz CT molecular complexity index is 668. The Labute approximate surface area is 112 Å². The lowest BCUT2D eigenvalue weighted by molar-refractivity contribution is 0.374. The van der Waals surface area contributed by atoms with Crippen LogP contribution < -0.4 is 4.74 Å². The van der Waals surface area contributed by atoms with E-state index in [1.54, 1.807) is 7.11 Å². The molecule has 0 radical (unpaired) electrons. The predicted molar refractivity (Wildman–Crippen MR) is 75.6 cm³/mol. The van der Waals surface area contributed by atoms with Gasteiger partial charge in [-0.1, -0.05) is 42.4 Å². The van der Waals surface area contributed by atoms with E-state index in [4.69, 9.17) is 4.74 Å². The topological polar surface area (TPSA) is 39.9 Å². The molecule has 0 amide bonds. The van der Waals surface area contributed by atoms with E-state index in [-0.39, 0.29) is 0 Å². The lowest BCUT2D eigenvalue weighted by Crippen LogP contribution is -1.98. The molecule has 2 heterocycles. The van der Waals surface area contributed by atoms with Crippen molar-refractivity contribution < 1.29 is 4.74 Å². The molecule has 1 aliphatic heterocycles. The molecular formula is C15H15N3O. The summed E-state index contributed by atoms with van der Waals surface area (Å²) < 4.78 is 7.12. The summed E-state index contributed by atoms with van der Waals surface area (Å²) in [5.74, 6) is 0.819. The summed E-state index contributed by atoms with van der Waals surface area (Å²) in [6.45, 7) is 2.12. The summed E-state index contributed by atoms with van der Waals surface area (Å²) in [4.78, 5) is 0. The van der Waals surface area contributed by atoms with Crippen molar-refractivity contribution in [2.75, 3.05) is 7.11 Å². The third-order valence-electron chi connectivity index (χ3n) is 3.15. The molecule has 0 aliphatic carbocycles. The first-order valence-electron chi connectivity index (χ1n) is 6.32. The van der Waals surface area contributed by atoms with E-state index in [9.17, 15) is 0 Å². The monoisotopic (exact) mass is 253 g/mol. The largest absolute Gasteiger partial charge is 0.467 e. The Balaban J connectivity index is 2.28. The smallest absolute Gasteiger partial charge is 0.321 e. The molecule has 0 bridgehead atoms. The number of rotatable bonds is 2. The number of hydrogen-bond acceptors (Lipinski definition) is 3. The van der Waals surface area contributed by atoms with Gasteiger partial charge >= 0.3 is 6.01 Å². The van der Waals surface area contributed by atoms with Crippen LogP contribution in [0.5, 0.6) is 6.01 Å². The number of ether oxygens (including phenoxy) is 1. The molecule has 0 atom stereocenters. The standard InChI is InChI=1S/C15H15N3O/c1-3-6-13-12-8-5-4-7-11(12)9-10-18-14(13)16-17-15(18)19-2/h4-10H,3H2,1-2H3. The van der Waals surface area contributed by atoms with E-state index in [0.717, 1.165) is 17.8 Å². The molecule has 1 aromatic carbocycles. The molecule has 0 N–H and O–H groups in total. The average Bonchev–Trinajstić information content (AvgIpc) is 2.79. The number of benzene rings is 1. The maximum Gasteiger partial charge on any atom is 0.321 e. The lowest BCUT2D eigenvalue weighted by atomic mass is 9.99. The maximum absolute atomic E-state index is 5.24. The minimum Gasteiger partial charge on any atom is -0.467 e. The maximum atomic E-state index is 5.24. The lowest BCUT2D eigenvalue weighted by Gasteiger charge is -2.07.